The van der Waals surface area contributed by atoms with E-state index < -0.39 is 40.2 Å². The first-order chi connectivity index (χ1) is 15.7. The second-order valence-electron chi connectivity index (χ2n) is 7.19. The maximum absolute atomic E-state index is 13.1. The summed E-state index contributed by atoms with van der Waals surface area (Å²) in [6.07, 6.45) is 1.33. The van der Waals surface area contributed by atoms with E-state index in [2.05, 4.69) is 0 Å². The Kier molecular flexibility index (Phi) is 5.78. The predicted molar refractivity (Wildman–Crippen MR) is 115 cm³/mol. The zero-order valence-corrected chi connectivity index (χ0v) is 18.2. The molecular weight excluding hydrogens is 452 g/mol. The van der Waals surface area contributed by atoms with E-state index in [1.807, 2.05) is 4.72 Å². The molecule has 0 spiro atoms. The van der Waals surface area contributed by atoms with Crippen LogP contribution in [-0.4, -0.2) is 54.3 Å². The predicted octanol–water partition coefficient (Wildman–Crippen LogP) is 2.26. The molecule has 33 heavy (non-hydrogen) atoms. The van der Waals surface area contributed by atoms with Gasteiger partial charge in [0.2, 0.25) is 6.10 Å². The Hall–Kier alpha value is -3.90. The van der Waals surface area contributed by atoms with Gasteiger partial charge in [-0.25, -0.2) is 37.4 Å². The smallest absolute Gasteiger partial charge is 0.363 e. The fourth-order valence-corrected chi connectivity index (χ4v) is 4.61. The average molecular weight is 472 g/mol. The van der Waals surface area contributed by atoms with E-state index in [-0.39, 0.29) is 17.1 Å². The standard InChI is InChI=1S/C21H20N4O7S/c1-2-8-18(19(26)27)32-25-17-13-23(21(25)29)24(16-12-7-6-11-15(16)17)20(28)22-33(30,31)14-9-4-3-5-10-14/h2-12,17-18H,13H2,1H3,(H,22,28)(H,26,27). The molecule has 0 saturated carbocycles. The minimum Gasteiger partial charge on any atom is -0.479 e. The fourth-order valence-electron chi connectivity index (χ4n) is 3.66. The van der Waals surface area contributed by atoms with Crippen molar-refractivity contribution in [3.63, 3.8) is 0 Å². The number of fused-ring (bicyclic) bond motifs is 4. The van der Waals surface area contributed by atoms with Crippen LogP contribution in [0.15, 0.2) is 71.6 Å². The second-order valence-corrected chi connectivity index (χ2v) is 8.87. The number of hydroxylamine groups is 2. The lowest BCUT2D eigenvalue weighted by molar-refractivity contribution is -0.184. The van der Waals surface area contributed by atoms with Gasteiger partial charge in [0.25, 0.3) is 10.0 Å². The highest BCUT2D eigenvalue weighted by molar-refractivity contribution is 7.90. The molecule has 1 fully saturated rings. The van der Waals surface area contributed by atoms with Gasteiger partial charge in [-0.15, -0.1) is 0 Å². The van der Waals surface area contributed by atoms with Crippen LogP contribution in [0.5, 0.6) is 0 Å². The molecule has 2 aliphatic heterocycles. The Labute approximate surface area is 189 Å². The van der Waals surface area contributed by atoms with Crippen LogP contribution >= 0.6 is 0 Å². The Morgan fingerprint density at radius 1 is 1.15 bits per heavy atom. The average Bonchev–Trinajstić information content (AvgIpc) is 3.06. The van der Waals surface area contributed by atoms with Gasteiger partial charge in [-0.05, 0) is 31.2 Å². The number of allylic oxidation sites excluding steroid dienone is 1. The highest BCUT2D eigenvalue weighted by atomic mass is 32.2. The van der Waals surface area contributed by atoms with Crippen LogP contribution in [0.3, 0.4) is 0 Å². The molecule has 0 aliphatic carbocycles. The maximum Gasteiger partial charge on any atom is 0.363 e. The van der Waals surface area contributed by atoms with Gasteiger partial charge in [0.05, 0.1) is 17.1 Å². The Morgan fingerprint density at radius 3 is 2.48 bits per heavy atom. The molecule has 2 aliphatic rings. The maximum atomic E-state index is 13.1. The summed E-state index contributed by atoms with van der Waals surface area (Å²) in [5.41, 5.74) is 0.767. The Balaban J connectivity index is 1.68. The molecule has 0 aromatic heterocycles. The number of hydrogen-bond donors (Lipinski definition) is 2. The van der Waals surface area contributed by atoms with Crippen molar-refractivity contribution in [2.75, 3.05) is 11.6 Å². The van der Waals surface area contributed by atoms with E-state index in [4.69, 9.17) is 4.84 Å². The third-order valence-electron chi connectivity index (χ3n) is 5.11. The lowest BCUT2D eigenvalue weighted by atomic mass is 10.0. The Bertz CT molecular complexity index is 1230. The molecule has 2 heterocycles. The third-order valence-corrected chi connectivity index (χ3v) is 6.45. The van der Waals surface area contributed by atoms with E-state index in [1.54, 1.807) is 37.3 Å². The van der Waals surface area contributed by atoms with Gasteiger partial charge in [0.1, 0.15) is 6.04 Å². The van der Waals surface area contributed by atoms with Crippen LogP contribution in [0.1, 0.15) is 18.5 Å². The van der Waals surface area contributed by atoms with Crippen molar-refractivity contribution in [3.8, 4) is 0 Å². The number of sulfonamides is 1. The third kappa shape index (κ3) is 4.01. The summed E-state index contributed by atoms with van der Waals surface area (Å²) < 4.78 is 27.3. The summed E-state index contributed by atoms with van der Waals surface area (Å²) in [5, 5.41) is 12.2. The van der Waals surface area contributed by atoms with E-state index in [0.717, 1.165) is 15.1 Å². The molecule has 11 nitrogen and oxygen atoms in total. The number of para-hydroxylation sites is 1. The number of anilines is 1. The molecule has 4 rings (SSSR count). The van der Waals surface area contributed by atoms with Gasteiger partial charge in [-0.1, -0.05) is 42.5 Å². The van der Waals surface area contributed by atoms with Gasteiger partial charge in [-0.3, -0.25) is 0 Å². The van der Waals surface area contributed by atoms with Gasteiger partial charge in [0.15, 0.2) is 0 Å². The number of rotatable bonds is 6. The summed E-state index contributed by atoms with van der Waals surface area (Å²) in [7, 11) is -4.21. The summed E-state index contributed by atoms with van der Waals surface area (Å²) in [4.78, 5) is 43.1. The zero-order chi connectivity index (χ0) is 23.8. The first-order valence-electron chi connectivity index (χ1n) is 9.88. The molecule has 1 saturated heterocycles. The normalized spacial score (nSPS) is 18.4. The van der Waals surface area contributed by atoms with Crippen molar-refractivity contribution in [2.24, 2.45) is 0 Å². The fraction of sp³-hybridized carbons (Fsp3) is 0.190. The second kappa shape index (κ2) is 8.56. The molecule has 2 aromatic rings. The quantitative estimate of drug-likeness (QED) is 0.615. The molecule has 0 radical (unpaired) electrons. The van der Waals surface area contributed by atoms with Crippen LogP contribution in [0, 0.1) is 0 Å². The largest absolute Gasteiger partial charge is 0.479 e. The number of carbonyl (C=O) groups is 3. The van der Waals surface area contributed by atoms with Crippen LogP contribution in [0.2, 0.25) is 0 Å². The lowest BCUT2D eigenvalue weighted by Gasteiger charge is -2.34. The van der Waals surface area contributed by atoms with E-state index in [0.29, 0.717) is 5.56 Å². The van der Waals surface area contributed by atoms with E-state index in [1.165, 1.54) is 36.4 Å². The number of hydrazine groups is 1. The minimum atomic E-state index is -4.21. The number of carboxylic acids is 1. The monoisotopic (exact) mass is 472 g/mol. The van der Waals surface area contributed by atoms with Gasteiger partial charge in [-0.2, -0.15) is 10.1 Å². The lowest BCUT2D eigenvalue weighted by Crippen LogP contribution is -2.54. The molecule has 2 aromatic carbocycles. The molecule has 172 valence electrons. The number of benzene rings is 2. The molecule has 4 amide bonds. The number of nitrogens with zero attached hydrogens (tertiary/aromatic N) is 3. The van der Waals surface area contributed by atoms with Crippen molar-refractivity contribution < 1.29 is 32.7 Å². The van der Waals surface area contributed by atoms with Crippen molar-refractivity contribution in [3.05, 3.63) is 72.3 Å². The summed E-state index contributed by atoms with van der Waals surface area (Å²) in [5.74, 6) is -1.30. The number of amides is 4. The van der Waals surface area contributed by atoms with E-state index in [9.17, 15) is 27.9 Å². The molecule has 2 N–H and O–H groups in total. The topological polar surface area (TPSA) is 137 Å². The summed E-state index contributed by atoms with van der Waals surface area (Å²) >= 11 is 0. The minimum absolute atomic E-state index is 0.0448. The number of carbonyl (C=O) groups excluding carboxylic acids is 2. The first kappa shape index (κ1) is 22.3. The molecule has 2 bridgehead atoms. The molecule has 2 atom stereocenters. The number of carboxylic acid groups (broad SMARTS) is 1. The zero-order valence-electron chi connectivity index (χ0n) is 17.4. The first-order valence-corrected chi connectivity index (χ1v) is 11.4. The van der Waals surface area contributed by atoms with Crippen molar-refractivity contribution in [1.29, 1.82) is 0 Å². The van der Waals surface area contributed by atoms with Crippen molar-refractivity contribution >= 4 is 33.7 Å². The molecule has 12 heteroatoms. The highest BCUT2D eigenvalue weighted by Gasteiger charge is 2.51. The van der Waals surface area contributed by atoms with Crippen LogP contribution in [0.25, 0.3) is 0 Å². The SMILES string of the molecule is CC=CC(ON1C(=O)N2CC1c1ccccc1N2C(=O)NS(=O)(=O)c1ccccc1)C(=O)O. The number of hydrogen-bond acceptors (Lipinski definition) is 6. The Morgan fingerprint density at radius 2 is 1.82 bits per heavy atom. The molecule has 2 unspecified atom stereocenters. The van der Waals surface area contributed by atoms with Crippen molar-refractivity contribution in [1.82, 2.24) is 14.8 Å². The van der Waals surface area contributed by atoms with Crippen molar-refractivity contribution in [2.45, 2.75) is 24.0 Å². The number of nitrogens with one attached hydrogen (secondary N) is 1. The van der Waals surface area contributed by atoms with Gasteiger partial charge >= 0.3 is 18.0 Å². The number of aliphatic carboxylic acids is 1. The van der Waals surface area contributed by atoms with E-state index >= 15 is 0 Å². The van der Waals surface area contributed by atoms with Gasteiger partial charge < -0.3 is 5.11 Å². The molecular formula is C21H20N4O7S. The van der Waals surface area contributed by atoms with Gasteiger partial charge in [0, 0.05) is 5.56 Å². The van der Waals surface area contributed by atoms with Crippen LogP contribution in [-0.2, 0) is 19.7 Å². The highest BCUT2D eigenvalue weighted by Crippen LogP contribution is 2.42. The number of urea groups is 2. The van der Waals surface area contributed by atoms with Crippen LogP contribution in [0.4, 0.5) is 15.3 Å². The van der Waals surface area contributed by atoms with Crippen LogP contribution < -0.4 is 9.73 Å². The summed E-state index contributed by atoms with van der Waals surface area (Å²) in [6, 6.07) is 11.3. The summed E-state index contributed by atoms with van der Waals surface area (Å²) in [6.45, 7) is 1.57.